The number of piperidine rings is 1. The van der Waals surface area contributed by atoms with E-state index in [0.717, 1.165) is 44.6 Å². The van der Waals surface area contributed by atoms with Gasteiger partial charge < -0.3 is 10.2 Å². The smallest absolute Gasteiger partial charge is 0.259 e. The van der Waals surface area contributed by atoms with Crippen LogP contribution in [0.1, 0.15) is 66.3 Å². The maximum absolute atomic E-state index is 12.6. The fraction of sp³-hybridized carbons (Fsp3) is 0.478. The van der Waals surface area contributed by atoms with E-state index < -0.39 is 0 Å². The van der Waals surface area contributed by atoms with E-state index in [2.05, 4.69) is 15.3 Å². The molecule has 2 aromatic rings. The minimum absolute atomic E-state index is 0.227. The highest BCUT2D eigenvalue weighted by molar-refractivity contribution is 6.30. The monoisotopic (exact) mass is 426 g/mol. The van der Waals surface area contributed by atoms with Crippen molar-refractivity contribution in [3.8, 4) is 0 Å². The van der Waals surface area contributed by atoms with Crippen LogP contribution in [-0.2, 0) is 4.79 Å². The molecule has 2 amide bonds. The number of carbonyl (C=O) groups is 2. The molecule has 2 fully saturated rings. The molecule has 2 heterocycles. The number of nitrogens with one attached hydrogen (secondary N) is 1. The van der Waals surface area contributed by atoms with Crippen molar-refractivity contribution < 1.29 is 9.59 Å². The van der Waals surface area contributed by atoms with Crippen LogP contribution in [0.25, 0.3) is 0 Å². The van der Waals surface area contributed by atoms with Gasteiger partial charge in [-0.3, -0.25) is 9.59 Å². The van der Waals surface area contributed by atoms with Crippen molar-refractivity contribution in [3.63, 3.8) is 0 Å². The van der Waals surface area contributed by atoms with Gasteiger partial charge in [0.2, 0.25) is 5.91 Å². The highest BCUT2D eigenvalue weighted by Gasteiger charge is 2.31. The molecule has 1 aromatic carbocycles. The van der Waals surface area contributed by atoms with Gasteiger partial charge in [0.25, 0.3) is 5.91 Å². The molecule has 0 bridgehead atoms. The molecule has 0 radical (unpaired) electrons. The molecule has 0 spiro atoms. The van der Waals surface area contributed by atoms with Crippen molar-refractivity contribution in [1.29, 1.82) is 0 Å². The minimum Gasteiger partial charge on any atom is -0.342 e. The third-order valence-electron chi connectivity index (χ3n) is 6.22. The molecule has 30 heavy (non-hydrogen) atoms. The molecule has 6 nitrogen and oxygen atoms in total. The number of rotatable bonds is 4. The van der Waals surface area contributed by atoms with Crippen LogP contribution in [0.3, 0.4) is 0 Å². The largest absolute Gasteiger partial charge is 0.342 e. The third kappa shape index (κ3) is 4.64. The van der Waals surface area contributed by atoms with Gasteiger partial charge in [0.1, 0.15) is 5.82 Å². The number of benzene rings is 1. The first-order valence-corrected chi connectivity index (χ1v) is 11.1. The summed E-state index contributed by atoms with van der Waals surface area (Å²) < 4.78 is 0. The molecule has 2 aliphatic rings. The summed E-state index contributed by atoms with van der Waals surface area (Å²) in [5.41, 5.74) is 1.80. The number of anilines is 1. The second kappa shape index (κ2) is 9.13. The Labute approximate surface area is 182 Å². The highest BCUT2D eigenvalue weighted by Crippen LogP contribution is 2.31. The topological polar surface area (TPSA) is 75.2 Å². The predicted octanol–water partition coefficient (Wildman–Crippen LogP) is 4.59. The van der Waals surface area contributed by atoms with Gasteiger partial charge in [-0.15, -0.1) is 0 Å². The van der Waals surface area contributed by atoms with E-state index in [9.17, 15) is 9.59 Å². The van der Waals surface area contributed by atoms with E-state index in [1.54, 1.807) is 30.5 Å². The molecular formula is C23H27ClN4O2. The summed E-state index contributed by atoms with van der Waals surface area (Å²) >= 11 is 5.89. The molecule has 1 aromatic heterocycles. The summed E-state index contributed by atoms with van der Waals surface area (Å²) in [4.78, 5) is 36.3. The van der Waals surface area contributed by atoms with Crippen LogP contribution in [0.15, 0.2) is 30.5 Å². The zero-order valence-corrected chi connectivity index (χ0v) is 18.0. The number of aryl methyl sites for hydroxylation is 1. The standard InChI is InChI=1S/C23H27ClN4O2/c1-15-20(22(29)27-19-8-6-18(24)7-9-19)14-25-21(26-15)16-10-12-28(13-11-16)23(30)17-4-2-3-5-17/h6-9,14,16-17H,2-5,10-13H2,1H3,(H,27,29). The van der Waals surface area contributed by atoms with Crippen molar-refractivity contribution >= 4 is 29.1 Å². The Bertz CT molecular complexity index is 917. The Morgan fingerprint density at radius 1 is 1.07 bits per heavy atom. The average Bonchev–Trinajstić information content (AvgIpc) is 3.30. The molecule has 4 rings (SSSR count). The summed E-state index contributed by atoms with van der Waals surface area (Å²) in [7, 11) is 0. The number of amides is 2. The lowest BCUT2D eigenvalue weighted by molar-refractivity contribution is -0.136. The van der Waals surface area contributed by atoms with Crippen molar-refractivity contribution in [3.05, 3.63) is 52.6 Å². The summed E-state index contributed by atoms with van der Waals surface area (Å²) in [5, 5.41) is 3.47. The van der Waals surface area contributed by atoms with Crippen LogP contribution in [0.4, 0.5) is 5.69 Å². The fourth-order valence-electron chi connectivity index (χ4n) is 4.43. The zero-order valence-electron chi connectivity index (χ0n) is 17.2. The van der Waals surface area contributed by atoms with Gasteiger partial charge in [-0.25, -0.2) is 9.97 Å². The number of likely N-dealkylation sites (tertiary alicyclic amines) is 1. The molecule has 0 unspecified atom stereocenters. The molecule has 7 heteroatoms. The fourth-order valence-corrected chi connectivity index (χ4v) is 4.55. The first-order valence-electron chi connectivity index (χ1n) is 10.7. The number of hydrogen-bond donors (Lipinski definition) is 1. The molecule has 1 saturated carbocycles. The van der Waals surface area contributed by atoms with Crippen molar-refractivity contribution in [1.82, 2.24) is 14.9 Å². The molecule has 0 atom stereocenters. The normalized spacial score (nSPS) is 17.9. The predicted molar refractivity (Wildman–Crippen MR) is 117 cm³/mol. The number of hydrogen-bond acceptors (Lipinski definition) is 4. The van der Waals surface area contributed by atoms with Crippen molar-refractivity contribution in [2.24, 2.45) is 5.92 Å². The Morgan fingerprint density at radius 2 is 1.73 bits per heavy atom. The van der Waals surface area contributed by atoms with Crippen LogP contribution in [-0.4, -0.2) is 39.8 Å². The lowest BCUT2D eigenvalue weighted by Gasteiger charge is -2.33. The first-order chi connectivity index (χ1) is 14.5. The van der Waals surface area contributed by atoms with E-state index in [1.807, 2.05) is 11.8 Å². The third-order valence-corrected chi connectivity index (χ3v) is 6.47. The van der Waals surface area contributed by atoms with Crippen molar-refractivity contribution in [2.45, 2.75) is 51.4 Å². The van der Waals surface area contributed by atoms with Gasteiger partial charge >= 0.3 is 0 Å². The Balaban J connectivity index is 1.37. The zero-order chi connectivity index (χ0) is 21.1. The summed E-state index contributed by atoms with van der Waals surface area (Å²) in [6.07, 6.45) is 7.79. The van der Waals surface area contributed by atoms with Crippen molar-refractivity contribution in [2.75, 3.05) is 18.4 Å². The van der Waals surface area contributed by atoms with Gasteiger partial charge in [0.15, 0.2) is 0 Å². The SMILES string of the molecule is Cc1nc(C2CCN(C(=O)C3CCCC3)CC2)ncc1C(=O)Nc1ccc(Cl)cc1. The van der Waals surface area contributed by atoms with Gasteiger partial charge in [0.05, 0.1) is 11.3 Å². The van der Waals surface area contributed by atoms with Crippen LogP contribution < -0.4 is 5.32 Å². The molecule has 158 valence electrons. The number of aromatic nitrogens is 2. The first kappa shape index (κ1) is 20.8. The maximum Gasteiger partial charge on any atom is 0.259 e. The molecular weight excluding hydrogens is 400 g/mol. The molecule has 1 aliphatic heterocycles. The Morgan fingerprint density at radius 3 is 2.37 bits per heavy atom. The Hall–Kier alpha value is -2.47. The molecule has 1 aliphatic carbocycles. The average molecular weight is 427 g/mol. The quantitative estimate of drug-likeness (QED) is 0.775. The lowest BCUT2D eigenvalue weighted by Crippen LogP contribution is -2.41. The molecule has 1 saturated heterocycles. The van der Waals surface area contributed by atoms with E-state index in [4.69, 9.17) is 11.6 Å². The second-order valence-corrected chi connectivity index (χ2v) is 8.71. The van der Waals surface area contributed by atoms with E-state index in [1.165, 1.54) is 12.8 Å². The number of nitrogens with zero attached hydrogens (tertiary/aromatic N) is 3. The van der Waals surface area contributed by atoms with E-state index >= 15 is 0 Å². The number of carbonyl (C=O) groups excluding carboxylic acids is 2. The van der Waals surface area contributed by atoms with Gasteiger partial charge in [0, 0.05) is 41.8 Å². The highest BCUT2D eigenvalue weighted by atomic mass is 35.5. The lowest BCUT2D eigenvalue weighted by atomic mass is 9.94. The van der Waals surface area contributed by atoms with Crippen LogP contribution in [0.5, 0.6) is 0 Å². The van der Waals surface area contributed by atoms with E-state index in [0.29, 0.717) is 27.9 Å². The Kier molecular flexibility index (Phi) is 6.32. The summed E-state index contributed by atoms with van der Waals surface area (Å²) in [6.45, 7) is 3.36. The van der Waals surface area contributed by atoms with Gasteiger partial charge in [-0.05, 0) is 56.9 Å². The second-order valence-electron chi connectivity index (χ2n) is 8.27. The van der Waals surface area contributed by atoms with Crippen LogP contribution in [0, 0.1) is 12.8 Å². The molecule has 1 N–H and O–H groups in total. The van der Waals surface area contributed by atoms with Gasteiger partial charge in [-0.2, -0.15) is 0 Å². The maximum atomic E-state index is 12.6. The number of halogens is 1. The van der Waals surface area contributed by atoms with Crippen LogP contribution in [0.2, 0.25) is 5.02 Å². The summed E-state index contributed by atoms with van der Waals surface area (Å²) in [5.74, 6) is 1.32. The van der Waals surface area contributed by atoms with E-state index in [-0.39, 0.29) is 17.7 Å². The summed E-state index contributed by atoms with van der Waals surface area (Å²) in [6, 6.07) is 6.97. The minimum atomic E-state index is -0.238. The van der Waals surface area contributed by atoms with Crippen LogP contribution >= 0.6 is 11.6 Å². The van der Waals surface area contributed by atoms with Gasteiger partial charge in [-0.1, -0.05) is 24.4 Å².